The summed E-state index contributed by atoms with van der Waals surface area (Å²) in [6, 6.07) is 4.39. The summed E-state index contributed by atoms with van der Waals surface area (Å²) in [5, 5.41) is 13.2. The highest BCUT2D eigenvalue weighted by Crippen LogP contribution is 2.21. The van der Waals surface area contributed by atoms with Gasteiger partial charge in [0.25, 0.3) is 5.69 Å². The smallest absolute Gasteiger partial charge is 0.272 e. The molecule has 0 fully saturated rings. The maximum atomic E-state index is 11.5. The van der Waals surface area contributed by atoms with Gasteiger partial charge in [-0.2, -0.15) is 0 Å². The lowest BCUT2D eigenvalue weighted by atomic mass is 10.2. The lowest BCUT2D eigenvalue weighted by molar-refractivity contribution is -0.385. The van der Waals surface area contributed by atoms with E-state index in [0.29, 0.717) is 24.5 Å². The first kappa shape index (κ1) is 15.1. The zero-order chi connectivity index (χ0) is 14.3. The van der Waals surface area contributed by atoms with Crippen LogP contribution in [0, 0.1) is 17.0 Å². The molecule has 0 aliphatic heterocycles. The van der Waals surface area contributed by atoms with E-state index in [1.54, 1.807) is 20.1 Å². The van der Waals surface area contributed by atoms with Crippen molar-refractivity contribution < 1.29 is 19.2 Å². The molecule has 7 nitrogen and oxygen atoms in total. The van der Waals surface area contributed by atoms with Crippen LogP contribution in [0.4, 0.5) is 11.4 Å². The Balaban J connectivity index is 2.51. The van der Waals surface area contributed by atoms with E-state index in [-0.39, 0.29) is 18.2 Å². The van der Waals surface area contributed by atoms with Crippen molar-refractivity contribution in [2.75, 3.05) is 32.2 Å². The molecule has 1 aromatic rings. The third-order valence-electron chi connectivity index (χ3n) is 2.34. The van der Waals surface area contributed by atoms with Gasteiger partial charge in [0.15, 0.2) is 0 Å². The summed E-state index contributed by atoms with van der Waals surface area (Å²) in [5.74, 6) is -0.315. The van der Waals surface area contributed by atoms with Gasteiger partial charge in [0.05, 0.1) is 18.1 Å². The number of ether oxygens (including phenoxy) is 2. The topological polar surface area (TPSA) is 90.7 Å². The maximum absolute atomic E-state index is 11.5. The number of methoxy groups -OCH3 is 1. The molecule has 0 unspecified atom stereocenters. The van der Waals surface area contributed by atoms with Gasteiger partial charge < -0.3 is 14.8 Å². The molecular weight excluding hydrogens is 252 g/mol. The molecule has 1 rings (SSSR count). The van der Waals surface area contributed by atoms with Crippen LogP contribution in [-0.4, -0.2) is 37.8 Å². The molecule has 1 N–H and O–H groups in total. The molecule has 1 aromatic carbocycles. The van der Waals surface area contributed by atoms with Gasteiger partial charge in [-0.15, -0.1) is 0 Å². The Labute approximate surface area is 110 Å². The van der Waals surface area contributed by atoms with Gasteiger partial charge in [-0.1, -0.05) is 0 Å². The highest BCUT2D eigenvalue weighted by Gasteiger charge is 2.11. The highest BCUT2D eigenvalue weighted by molar-refractivity contribution is 5.91. The first-order valence-electron chi connectivity index (χ1n) is 5.66. The number of rotatable bonds is 7. The van der Waals surface area contributed by atoms with Crippen molar-refractivity contribution >= 4 is 17.3 Å². The van der Waals surface area contributed by atoms with E-state index in [1.165, 1.54) is 12.1 Å². The number of benzene rings is 1. The highest BCUT2D eigenvalue weighted by atomic mass is 16.6. The Morgan fingerprint density at radius 1 is 1.42 bits per heavy atom. The van der Waals surface area contributed by atoms with Gasteiger partial charge in [-0.05, 0) is 19.1 Å². The number of nitro groups is 1. The standard InChI is InChI=1S/C12H16N2O5/c1-9-7-10(3-4-11(9)14(16)17)13-12(15)8-19-6-5-18-2/h3-4,7H,5-6,8H2,1-2H3,(H,13,15). The van der Waals surface area contributed by atoms with E-state index in [4.69, 9.17) is 9.47 Å². The molecule has 0 atom stereocenters. The van der Waals surface area contributed by atoms with Crippen molar-refractivity contribution in [1.29, 1.82) is 0 Å². The number of carbonyl (C=O) groups is 1. The maximum Gasteiger partial charge on any atom is 0.272 e. The van der Waals surface area contributed by atoms with E-state index in [2.05, 4.69) is 5.32 Å². The Morgan fingerprint density at radius 3 is 2.74 bits per heavy atom. The molecule has 19 heavy (non-hydrogen) atoms. The van der Waals surface area contributed by atoms with Crippen LogP contribution in [0.1, 0.15) is 5.56 Å². The summed E-state index contributed by atoms with van der Waals surface area (Å²) in [5.41, 5.74) is 1.01. The molecule has 0 aliphatic rings. The quantitative estimate of drug-likeness (QED) is 0.460. The minimum absolute atomic E-state index is 0.0225. The fourth-order valence-electron chi connectivity index (χ4n) is 1.44. The summed E-state index contributed by atoms with van der Waals surface area (Å²) < 4.78 is 9.83. The number of hydrogen-bond donors (Lipinski definition) is 1. The van der Waals surface area contributed by atoms with E-state index in [9.17, 15) is 14.9 Å². The van der Waals surface area contributed by atoms with Crippen LogP contribution in [0.15, 0.2) is 18.2 Å². The molecule has 0 aliphatic carbocycles. The summed E-state index contributed by atoms with van der Waals surface area (Å²) in [4.78, 5) is 21.7. The first-order valence-corrected chi connectivity index (χ1v) is 5.66. The van der Waals surface area contributed by atoms with E-state index < -0.39 is 4.92 Å². The number of nitrogens with zero attached hydrogens (tertiary/aromatic N) is 1. The van der Waals surface area contributed by atoms with Gasteiger partial charge in [0, 0.05) is 24.4 Å². The van der Waals surface area contributed by atoms with Crippen LogP contribution in [-0.2, 0) is 14.3 Å². The largest absolute Gasteiger partial charge is 0.382 e. The minimum atomic E-state index is -0.463. The monoisotopic (exact) mass is 268 g/mol. The Bertz CT molecular complexity index is 461. The van der Waals surface area contributed by atoms with Crippen molar-refractivity contribution in [3.05, 3.63) is 33.9 Å². The van der Waals surface area contributed by atoms with Crippen molar-refractivity contribution in [3.8, 4) is 0 Å². The van der Waals surface area contributed by atoms with Crippen LogP contribution >= 0.6 is 0 Å². The van der Waals surface area contributed by atoms with E-state index in [0.717, 1.165) is 0 Å². The summed E-state index contributed by atoms with van der Waals surface area (Å²) in [6.45, 7) is 2.29. The summed E-state index contributed by atoms with van der Waals surface area (Å²) in [7, 11) is 1.54. The average Bonchev–Trinajstić information content (AvgIpc) is 2.34. The van der Waals surface area contributed by atoms with Crippen LogP contribution in [0.5, 0.6) is 0 Å². The average molecular weight is 268 g/mol. The normalized spacial score (nSPS) is 10.2. The van der Waals surface area contributed by atoms with Gasteiger partial charge in [-0.3, -0.25) is 14.9 Å². The molecule has 0 bridgehead atoms. The Kier molecular flexibility index (Phi) is 5.91. The van der Waals surface area contributed by atoms with Crippen molar-refractivity contribution in [3.63, 3.8) is 0 Å². The van der Waals surface area contributed by atoms with Crippen LogP contribution < -0.4 is 5.32 Å². The molecule has 0 heterocycles. The van der Waals surface area contributed by atoms with Gasteiger partial charge in [-0.25, -0.2) is 0 Å². The molecule has 7 heteroatoms. The summed E-state index contributed by atoms with van der Waals surface area (Å²) in [6.07, 6.45) is 0. The molecule has 0 saturated heterocycles. The van der Waals surface area contributed by atoms with Crippen molar-refractivity contribution in [2.24, 2.45) is 0 Å². The van der Waals surface area contributed by atoms with Gasteiger partial charge in [0.2, 0.25) is 5.91 Å². The Morgan fingerprint density at radius 2 is 2.16 bits per heavy atom. The zero-order valence-electron chi connectivity index (χ0n) is 10.8. The number of aryl methyl sites for hydroxylation is 1. The van der Waals surface area contributed by atoms with Gasteiger partial charge >= 0.3 is 0 Å². The second-order valence-electron chi connectivity index (χ2n) is 3.85. The molecular formula is C12H16N2O5. The number of nitrogens with one attached hydrogen (secondary N) is 1. The molecule has 0 radical (unpaired) electrons. The first-order chi connectivity index (χ1) is 9.04. The lowest BCUT2D eigenvalue weighted by Crippen LogP contribution is -2.19. The van der Waals surface area contributed by atoms with Crippen molar-refractivity contribution in [1.82, 2.24) is 0 Å². The van der Waals surface area contributed by atoms with Crippen LogP contribution in [0.2, 0.25) is 0 Å². The van der Waals surface area contributed by atoms with E-state index >= 15 is 0 Å². The van der Waals surface area contributed by atoms with Gasteiger partial charge in [0.1, 0.15) is 6.61 Å². The SMILES string of the molecule is COCCOCC(=O)Nc1ccc([N+](=O)[O-])c(C)c1. The molecule has 1 amide bonds. The summed E-state index contributed by atoms with van der Waals surface area (Å²) >= 11 is 0. The minimum Gasteiger partial charge on any atom is -0.382 e. The number of amides is 1. The Hall–Kier alpha value is -1.99. The molecule has 0 saturated carbocycles. The number of anilines is 1. The van der Waals surface area contributed by atoms with E-state index in [1.807, 2.05) is 0 Å². The fraction of sp³-hybridized carbons (Fsp3) is 0.417. The third-order valence-corrected chi connectivity index (χ3v) is 2.34. The fourth-order valence-corrected chi connectivity index (χ4v) is 1.44. The van der Waals surface area contributed by atoms with Crippen LogP contribution in [0.25, 0.3) is 0 Å². The predicted octanol–water partition coefficient (Wildman–Crippen LogP) is 1.50. The lowest BCUT2D eigenvalue weighted by Gasteiger charge is -2.07. The molecule has 0 aromatic heterocycles. The number of carbonyl (C=O) groups excluding carboxylic acids is 1. The van der Waals surface area contributed by atoms with Crippen molar-refractivity contribution in [2.45, 2.75) is 6.92 Å². The number of hydrogen-bond acceptors (Lipinski definition) is 5. The third kappa shape index (κ3) is 5.02. The second kappa shape index (κ2) is 7.45. The predicted molar refractivity (Wildman–Crippen MR) is 69.2 cm³/mol. The number of nitro benzene ring substituents is 1. The van der Waals surface area contributed by atoms with Crippen LogP contribution in [0.3, 0.4) is 0 Å². The second-order valence-corrected chi connectivity index (χ2v) is 3.85. The molecule has 0 spiro atoms. The molecule has 104 valence electrons. The zero-order valence-corrected chi connectivity index (χ0v) is 10.8.